The Morgan fingerprint density at radius 3 is 1.68 bits per heavy atom. The third-order valence-corrected chi connectivity index (χ3v) is 8.36. The van der Waals surface area contributed by atoms with Crippen molar-refractivity contribution in [2.45, 2.75) is 70.2 Å². The van der Waals surface area contributed by atoms with Crippen LogP contribution in [-0.4, -0.2) is 23.6 Å². The van der Waals surface area contributed by atoms with Crippen LogP contribution in [0.1, 0.15) is 59.3 Å². The first kappa shape index (κ1) is 12.6. The molecule has 0 radical (unpaired) electrons. The van der Waals surface area contributed by atoms with Crippen LogP contribution >= 0.6 is 0 Å². The van der Waals surface area contributed by atoms with Gasteiger partial charge in [-0.25, -0.2) is 8.42 Å². The Balaban J connectivity index is 1.70. The van der Waals surface area contributed by atoms with Crippen molar-refractivity contribution in [1.82, 2.24) is 4.31 Å². The van der Waals surface area contributed by atoms with Crippen molar-refractivity contribution in [3.05, 3.63) is 0 Å². The van der Waals surface area contributed by atoms with Crippen molar-refractivity contribution in [1.29, 1.82) is 0 Å². The van der Waals surface area contributed by atoms with Gasteiger partial charge in [0.1, 0.15) is 5.37 Å². The van der Waals surface area contributed by atoms with Gasteiger partial charge in [-0.05, 0) is 77.0 Å². The number of rotatable bonds is 1. The first-order chi connectivity index (χ1) is 8.72. The Morgan fingerprint density at radius 1 is 0.947 bits per heavy atom. The summed E-state index contributed by atoms with van der Waals surface area (Å²) in [4.78, 5) is 0. The monoisotopic (exact) mass is 283 g/mol. The van der Waals surface area contributed by atoms with Crippen molar-refractivity contribution in [2.24, 2.45) is 23.2 Å². The predicted octanol–water partition coefficient (Wildman–Crippen LogP) is 2.97. The molecule has 4 saturated carbocycles. The van der Waals surface area contributed by atoms with E-state index in [-0.39, 0.29) is 16.3 Å². The third-order valence-electron chi connectivity index (χ3n) is 5.99. The number of hydrogen-bond donors (Lipinski definition) is 0. The van der Waals surface area contributed by atoms with Gasteiger partial charge in [0.05, 0.1) is 0 Å². The van der Waals surface area contributed by atoms with Crippen molar-refractivity contribution in [3.63, 3.8) is 0 Å². The minimum absolute atomic E-state index is 0.112. The Hall–Kier alpha value is -0.0900. The summed E-state index contributed by atoms with van der Waals surface area (Å²) in [5.74, 6) is 2.47. The highest BCUT2D eigenvalue weighted by molar-refractivity contribution is 7.96. The smallest absolute Gasteiger partial charge is 0.210 e. The van der Waals surface area contributed by atoms with Crippen LogP contribution in [0.4, 0.5) is 0 Å². The molecular formula is C15H25NO2S. The fourth-order valence-electron chi connectivity index (χ4n) is 5.98. The molecule has 0 N–H and O–H groups in total. The molecule has 2 unspecified atom stereocenters. The molecule has 1 heterocycles. The summed E-state index contributed by atoms with van der Waals surface area (Å²) in [6.45, 7) is 6.10. The molecule has 0 aromatic rings. The highest BCUT2D eigenvalue weighted by Gasteiger charge is 2.71. The molecule has 4 aliphatic carbocycles. The molecule has 0 aromatic heterocycles. The van der Waals surface area contributed by atoms with Crippen LogP contribution in [0, 0.1) is 23.2 Å². The van der Waals surface area contributed by atoms with Crippen molar-refractivity contribution >= 4 is 10.0 Å². The minimum atomic E-state index is -2.99. The van der Waals surface area contributed by atoms with E-state index >= 15 is 0 Å². The van der Waals surface area contributed by atoms with Crippen LogP contribution in [0.3, 0.4) is 0 Å². The number of nitrogens with zero attached hydrogens (tertiary/aromatic N) is 1. The molecule has 5 fully saturated rings. The summed E-state index contributed by atoms with van der Waals surface area (Å²) in [6.07, 6.45) is 7.66. The second-order valence-electron chi connectivity index (χ2n) is 8.64. The number of sulfonamides is 1. The Bertz CT molecular complexity index is 481. The fraction of sp³-hybridized carbons (Fsp3) is 1.00. The lowest BCUT2D eigenvalue weighted by atomic mass is 9.49. The van der Waals surface area contributed by atoms with Crippen molar-refractivity contribution in [2.75, 3.05) is 0 Å². The van der Waals surface area contributed by atoms with Crippen LogP contribution in [0.25, 0.3) is 0 Å². The number of hydrogen-bond acceptors (Lipinski definition) is 2. The second-order valence-corrected chi connectivity index (χ2v) is 10.5. The highest BCUT2D eigenvalue weighted by Crippen LogP contribution is 2.66. The summed E-state index contributed by atoms with van der Waals surface area (Å²) in [5.41, 5.74) is -0.131. The Kier molecular flexibility index (Phi) is 2.25. The molecule has 5 rings (SSSR count). The summed E-state index contributed by atoms with van der Waals surface area (Å²) in [6, 6.07) is 0. The van der Waals surface area contributed by atoms with Gasteiger partial charge in [-0.2, -0.15) is 4.31 Å². The molecule has 19 heavy (non-hydrogen) atoms. The average Bonchev–Trinajstić information content (AvgIpc) is 2.80. The molecule has 4 heteroatoms. The third kappa shape index (κ3) is 1.62. The van der Waals surface area contributed by atoms with Gasteiger partial charge in [-0.15, -0.1) is 0 Å². The molecule has 3 nitrogen and oxygen atoms in total. The minimum Gasteiger partial charge on any atom is -0.210 e. The zero-order valence-corrected chi connectivity index (χ0v) is 13.0. The molecule has 108 valence electrons. The molecule has 4 bridgehead atoms. The normalized spacial score (nSPS) is 54.4. The zero-order chi connectivity index (χ0) is 13.6. The summed E-state index contributed by atoms with van der Waals surface area (Å²) in [7, 11) is -2.99. The molecule has 0 spiro atoms. The molecule has 1 aliphatic heterocycles. The van der Waals surface area contributed by atoms with E-state index in [0.717, 1.165) is 17.8 Å². The lowest BCUT2D eigenvalue weighted by Gasteiger charge is -2.56. The molecule has 0 aromatic carbocycles. The van der Waals surface area contributed by atoms with Gasteiger partial charge in [-0.3, -0.25) is 0 Å². The first-order valence-corrected chi connectivity index (χ1v) is 9.26. The maximum atomic E-state index is 12.5. The van der Waals surface area contributed by atoms with Crippen LogP contribution in [0.2, 0.25) is 0 Å². The second kappa shape index (κ2) is 3.38. The van der Waals surface area contributed by atoms with Gasteiger partial charge in [0.15, 0.2) is 0 Å². The first-order valence-electron chi connectivity index (χ1n) is 7.76. The standard InChI is InChI=1S/C15H25NO2S/c1-14(2,3)16-13(19(16,17)18)15-7-10-4-11(8-15)6-12(5-10)9-15/h10-13H,4-9H2,1-3H3. The van der Waals surface area contributed by atoms with Crippen molar-refractivity contribution < 1.29 is 8.42 Å². The summed E-state index contributed by atoms with van der Waals surface area (Å²) < 4.78 is 26.8. The molecule has 2 atom stereocenters. The topological polar surface area (TPSA) is 37.1 Å². The van der Waals surface area contributed by atoms with Crippen LogP contribution in [0.15, 0.2) is 0 Å². The summed E-state index contributed by atoms with van der Waals surface area (Å²) >= 11 is 0. The van der Waals surface area contributed by atoms with Gasteiger partial charge in [0.2, 0.25) is 10.0 Å². The van der Waals surface area contributed by atoms with Crippen molar-refractivity contribution in [3.8, 4) is 0 Å². The fourth-order valence-corrected chi connectivity index (χ4v) is 8.82. The predicted molar refractivity (Wildman–Crippen MR) is 74.9 cm³/mol. The van der Waals surface area contributed by atoms with Gasteiger partial charge >= 0.3 is 0 Å². The molecule has 5 aliphatic rings. The lowest BCUT2D eigenvalue weighted by molar-refractivity contribution is -0.0621. The van der Waals surface area contributed by atoms with E-state index in [1.165, 1.54) is 38.5 Å². The van der Waals surface area contributed by atoms with Crippen LogP contribution in [0.5, 0.6) is 0 Å². The van der Waals surface area contributed by atoms with E-state index in [4.69, 9.17) is 0 Å². The molecule has 0 amide bonds. The molecule has 1 saturated heterocycles. The lowest BCUT2D eigenvalue weighted by Crippen LogP contribution is -2.50. The van der Waals surface area contributed by atoms with E-state index in [1.54, 1.807) is 0 Å². The maximum absolute atomic E-state index is 12.5. The van der Waals surface area contributed by atoms with E-state index in [0.29, 0.717) is 0 Å². The average molecular weight is 283 g/mol. The van der Waals surface area contributed by atoms with E-state index < -0.39 is 10.0 Å². The zero-order valence-electron chi connectivity index (χ0n) is 12.2. The summed E-state index contributed by atoms with van der Waals surface area (Å²) in [5, 5.41) is -0.159. The van der Waals surface area contributed by atoms with Gasteiger partial charge in [-0.1, -0.05) is 0 Å². The highest BCUT2D eigenvalue weighted by atomic mass is 32.2. The SMILES string of the molecule is CC(C)(C)N1C(C23CC4CC(CC(C4)C2)C3)S1(=O)=O. The van der Waals surface area contributed by atoms with Gasteiger partial charge < -0.3 is 0 Å². The molecular weight excluding hydrogens is 258 g/mol. The van der Waals surface area contributed by atoms with Crippen LogP contribution < -0.4 is 0 Å². The van der Waals surface area contributed by atoms with E-state index in [1.807, 2.05) is 25.1 Å². The van der Waals surface area contributed by atoms with E-state index in [9.17, 15) is 8.42 Å². The van der Waals surface area contributed by atoms with Crippen LogP contribution in [-0.2, 0) is 10.0 Å². The maximum Gasteiger partial charge on any atom is 0.233 e. The van der Waals surface area contributed by atoms with Gasteiger partial charge in [0, 0.05) is 11.0 Å². The van der Waals surface area contributed by atoms with E-state index in [2.05, 4.69) is 0 Å². The Labute approximate surface area is 116 Å². The quantitative estimate of drug-likeness (QED) is 0.694. The largest absolute Gasteiger partial charge is 0.233 e. The van der Waals surface area contributed by atoms with Gasteiger partial charge in [0.25, 0.3) is 0 Å². The Morgan fingerprint density at radius 2 is 1.37 bits per heavy atom.